The summed E-state index contributed by atoms with van der Waals surface area (Å²) in [5.41, 5.74) is 1.71. The first-order chi connectivity index (χ1) is 9.80. The van der Waals surface area contributed by atoms with Gasteiger partial charge in [0, 0.05) is 12.1 Å². The number of nitrogens with zero attached hydrogens (tertiary/aromatic N) is 2. The van der Waals surface area contributed by atoms with Gasteiger partial charge in [-0.05, 0) is 19.9 Å². The average molecular weight is 276 g/mol. The molecule has 0 aliphatic rings. The zero-order valence-corrected chi connectivity index (χ0v) is 11.9. The van der Waals surface area contributed by atoms with Crippen molar-refractivity contribution in [2.24, 2.45) is 0 Å². The molecule has 0 atom stereocenters. The molecule has 0 unspecified atom stereocenters. The van der Waals surface area contributed by atoms with Crippen LogP contribution in [-0.2, 0) is 19.8 Å². The largest absolute Gasteiger partial charge is 0.490 e. The van der Waals surface area contributed by atoms with Gasteiger partial charge in [-0.25, -0.2) is 4.98 Å². The molecule has 1 aromatic heterocycles. The van der Waals surface area contributed by atoms with Crippen molar-refractivity contribution in [2.45, 2.75) is 33.6 Å². The number of ether oxygens (including phenoxy) is 2. The van der Waals surface area contributed by atoms with Gasteiger partial charge in [-0.15, -0.1) is 0 Å². The Morgan fingerprint density at radius 1 is 1.25 bits per heavy atom. The normalized spacial score (nSPS) is 10.6. The van der Waals surface area contributed by atoms with Crippen molar-refractivity contribution < 1.29 is 14.6 Å². The first kappa shape index (κ1) is 14.4. The highest BCUT2D eigenvalue weighted by Crippen LogP contribution is 2.32. The van der Waals surface area contributed by atoms with E-state index in [1.54, 1.807) is 12.5 Å². The number of hydrogen-bond acceptors (Lipinski definition) is 4. The van der Waals surface area contributed by atoms with Gasteiger partial charge in [0.1, 0.15) is 6.61 Å². The van der Waals surface area contributed by atoms with Gasteiger partial charge in [0.15, 0.2) is 11.5 Å². The third kappa shape index (κ3) is 3.11. The van der Waals surface area contributed by atoms with Crippen LogP contribution in [-0.4, -0.2) is 21.3 Å². The molecule has 108 valence electrons. The SMILES string of the molecule is CCOc1cccc(CO)c1OCc1cncn1CC. The van der Waals surface area contributed by atoms with E-state index in [1.165, 1.54) is 0 Å². The van der Waals surface area contributed by atoms with E-state index in [-0.39, 0.29) is 6.61 Å². The zero-order valence-electron chi connectivity index (χ0n) is 11.9. The lowest BCUT2D eigenvalue weighted by molar-refractivity contribution is 0.239. The molecule has 1 aromatic carbocycles. The second kappa shape index (κ2) is 6.96. The highest BCUT2D eigenvalue weighted by atomic mass is 16.5. The van der Waals surface area contributed by atoms with E-state index in [0.29, 0.717) is 24.7 Å². The number of benzene rings is 1. The smallest absolute Gasteiger partial charge is 0.167 e. The molecule has 1 heterocycles. The molecule has 0 spiro atoms. The third-order valence-corrected chi connectivity index (χ3v) is 3.03. The second-order valence-corrected chi connectivity index (χ2v) is 4.30. The topological polar surface area (TPSA) is 56.5 Å². The predicted octanol–water partition coefficient (Wildman–Crippen LogP) is 2.37. The van der Waals surface area contributed by atoms with Crippen molar-refractivity contribution in [3.63, 3.8) is 0 Å². The summed E-state index contributed by atoms with van der Waals surface area (Å²) in [4.78, 5) is 4.11. The summed E-state index contributed by atoms with van der Waals surface area (Å²) in [6.07, 6.45) is 3.56. The maximum Gasteiger partial charge on any atom is 0.167 e. The number of imidazole rings is 1. The van der Waals surface area contributed by atoms with Crippen LogP contribution in [0.5, 0.6) is 11.5 Å². The van der Waals surface area contributed by atoms with Gasteiger partial charge in [-0.1, -0.05) is 12.1 Å². The Hall–Kier alpha value is -2.01. The van der Waals surface area contributed by atoms with Crippen LogP contribution in [0.25, 0.3) is 0 Å². The van der Waals surface area contributed by atoms with E-state index in [4.69, 9.17) is 9.47 Å². The van der Waals surface area contributed by atoms with Crippen LogP contribution in [0.2, 0.25) is 0 Å². The number of rotatable bonds is 7. The van der Waals surface area contributed by atoms with Crippen molar-refractivity contribution in [1.82, 2.24) is 9.55 Å². The monoisotopic (exact) mass is 276 g/mol. The lowest BCUT2D eigenvalue weighted by Gasteiger charge is -2.15. The van der Waals surface area contributed by atoms with Crippen LogP contribution < -0.4 is 9.47 Å². The van der Waals surface area contributed by atoms with Crippen LogP contribution >= 0.6 is 0 Å². The summed E-state index contributed by atoms with van der Waals surface area (Å²) >= 11 is 0. The fraction of sp³-hybridized carbons (Fsp3) is 0.400. The number of hydrogen-bond donors (Lipinski definition) is 1. The fourth-order valence-corrected chi connectivity index (χ4v) is 2.02. The van der Waals surface area contributed by atoms with Crippen molar-refractivity contribution >= 4 is 0 Å². The number of aryl methyl sites for hydroxylation is 1. The van der Waals surface area contributed by atoms with Gasteiger partial charge in [-0.2, -0.15) is 0 Å². The summed E-state index contributed by atoms with van der Waals surface area (Å²) in [5, 5.41) is 9.42. The summed E-state index contributed by atoms with van der Waals surface area (Å²) < 4.78 is 13.4. The molecule has 0 fully saturated rings. The highest BCUT2D eigenvalue weighted by Gasteiger charge is 2.11. The number of aromatic nitrogens is 2. The number of aliphatic hydroxyl groups is 1. The molecular formula is C15H20N2O3. The van der Waals surface area contributed by atoms with Gasteiger partial charge < -0.3 is 19.1 Å². The Kier molecular flexibility index (Phi) is 5.01. The van der Waals surface area contributed by atoms with Crippen LogP contribution in [0, 0.1) is 0 Å². The molecule has 0 saturated heterocycles. The zero-order chi connectivity index (χ0) is 14.4. The van der Waals surface area contributed by atoms with Gasteiger partial charge in [0.05, 0.1) is 31.4 Å². The first-order valence-corrected chi connectivity index (χ1v) is 6.77. The summed E-state index contributed by atoms with van der Waals surface area (Å²) in [6.45, 7) is 5.69. The molecule has 1 N–H and O–H groups in total. The summed E-state index contributed by atoms with van der Waals surface area (Å²) in [7, 11) is 0. The van der Waals surface area contributed by atoms with E-state index in [9.17, 15) is 5.11 Å². The van der Waals surface area contributed by atoms with Gasteiger partial charge in [0.2, 0.25) is 0 Å². The van der Waals surface area contributed by atoms with Crippen molar-refractivity contribution in [1.29, 1.82) is 0 Å². The fourth-order valence-electron chi connectivity index (χ4n) is 2.02. The minimum absolute atomic E-state index is 0.0801. The molecule has 0 saturated carbocycles. The Balaban J connectivity index is 2.19. The Morgan fingerprint density at radius 2 is 2.10 bits per heavy atom. The third-order valence-electron chi connectivity index (χ3n) is 3.03. The molecule has 5 heteroatoms. The lowest BCUT2D eigenvalue weighted by Crippen LogP contribution is -2.06. The maximum atomic E-state index is 9.42. The maximum absolute atomic E-state index is 9.42. The van der Waals surface area contributed by atoms with Gasteiger partial charge >= 0.3 is 0 Å². The molecule has 5 nitrogen and oxygen atoms in total. The molecule has 0 bridgehead atoms. The number of para-hydroxylation sites is 1. The van der Waals surface area contributed by atoms with Gasteiger partial charge in [0.25, 0.3) is 0 Å². The molecule has 0 aliphatic carbocycles. The van der Waals surface area contributed by atoms with Crippen LogP contribution in [0.15, 0.2) is 30.7 Å². The molecule has 0 aliphatic heterocycles. The van der Waals surface area contributed by atoms with Crippen LogP contribution in [0.3, 0.4) is 0 Å². The lowest BCUT2D eigenvalue weighted by atomic mass is 10.2. The summed E-state index contributed by atoms with van der Waals surface area (Å²) in [6, 6.07) is 5.52. The minimum Gasteiger partial charge on any atom is -0.490 e. The van der Waals surface area contributed by atoms with E-state index in [0.717, 1.165) is 17.8 Å². The minimum atomic E-state index is -0.0801. The van der Waals surface area contributed by atoms with Crippen LogP contribution in [0.4, 0.5) is 0 Å². The number of aliphatic hydroxyl groups excluding tert-OH is 1. The van der Waals surface area contributed by atoms with E-state index >= 15 is 0 Å². The average Bonchev–Trinajstić information content (AvgIpc) is 2.93. The quantitative estimate of drug-likeness (QED) is 0.843. The molecule has 2 aromatic rings. The standard InChI is InChI=1S/C15H20N2O3/c1-3-17-11-16-8-13(17)10-20-15-12(9-18)6-5-7-14(15)19-4-2/h5-8,11,18H,3-4,9-10H2,1-2H3. The second-order valence-electron chi connectivity index (χ2n) is 4.30. The van der Waals surface area contributed by atoms with Crippen molar-refractivity contribution in [3.05, 3.63) is 42.0 Å². The van der Waals surface area contributed by atoms with E-state index in [1.807, 2.05) is 29.7 Å². The van der Waals surface area contributed by atoms with E-state index in [2.05, 4.69) is 11.9 Å². The van der Waals surface area contributed by atoms with Crippen LogP contribution in [0.1, 0.15) is 25.1 Å². The highest BCUT2D eigenvalue weighted by molar-refractivity contribution is 5.46. The molecule has 2 rings (SSSR count). The molecule has 20 heavy (non-hydrogen) atoms. The van der Waals surface area contributed by atoms with Crippen molar-refractivity contribution in [3.8, 4) is 11.5 Å². The molecule has 0 amide bonds. The Bertz CT molecular complexity index is 552. The van der Waals surface area contributed by atoms with Gasteiger partial charge in [-0.3, -0.25) is 0 Å². The Morgan fingerprint density at radius 3 is 2.80 bits per heavy atom. The van der Waals surface area contributed by atoms with E-state index < -0.39 is 0 Å². The Labute approximate surface area is 118 Å². The summed E-state index contributed by atoms with van der Waals surface area (Å²) in [5.74, 6) is 1.25. The first-order valence-electron chi connectivity index (χ1n) is 6.77. The predicted molar refractivity (Wildman–Crippen MR) is 75.8 cm³/mol. The molecule has 0 radical (unpaired) electrons. The molecular weight excluding hydrogens is 256 g/mol. The van der Waals surface area contributed by atoms with Crippen molar-refractivity contribution in [2.75, 3.05) is 6.61 Å².